The average Bonchev–Trinajstić information content (AvgIpc) is 2.84. The van der Waals surface area contributed by atoms with Crippen LogP contribution in [0.5, 0.6) is 0 Å². The molecule has 0 aromatic heterocycles. The van der Waals surface area contributed by atoms with Crippen LogP contribution in [0.15, 0.2) is 54.6 Å². The highest BCUT2D eigenvalue weighted by molar-refractivity contribution is 5.96. The van der Waals surface area contributed by atoms with Crippen molar-refractivity contribution in [1.29, 1.82) is 0 Å². The maximum absolute atomic E-state index is 12.7. The van der Waals surface area contributed by atoms with Crippen LogP contribution in [0.25, 0.3) is 0 Å². The van der Waals surface area contributed by atoms with Gasteiger partial charge in [-0.15, -0.1) is 0 Å². The molecule has 0 aliphatic carbocycles. The summed E-state index contributed by atoms with van der Waals surface area (Å²) in [7, 11) is 0. The Labute approximate surface area is 190 Å². The smallest absolute Gasteiger partial charge is 0.253 e. The molecule has 0 unspecified atom stereocenters. The van der Waals surface area contributed by atoms with Gasteiger partial charge in [0.1, 0.15) is 0 Å². The quantitative estimate of drug-likeness (QED) is 0.682. The molecule has 6 nitrogen and oxygen atoms in total. The first-order valence-corrected chi connectivity index (χ1v) is 11.5. The van der Waals surface area contributed by atoms with Gasteiger partial charge in [0.25, 0.3) is 5.91 Å². The highest BCUT2D eigenvalue weighted by atomic mass is 16.2. The number of nitrogens with one attached hydrogen (secondary N) is 1. The van der Waals surface area contributed by atoms with Gasteiger partial charge in [0, 0.05) is 49.8 Å². The summed E-state index contributed by atoms with van der Waals surface area (Å²) in [5, 5.41) is 2.96. The predicted octanol–water partition coefficient (Wildman–Crippen LogP) is 3.98. The van der Waals surface area contributed by atoms with Gasteiger partial charge in [-0.05, 0) is 62.9 Å². The molecule has 2 aromatic rings. The van der Waals surface area contributed by atoms with Crippen LogP contribution in [0.1, 0.15) is 49.0 Å². The van der Waals surface area contributed by atoms with Crippen LogP contribution < -0.4 is 5.32 Å². The lowest BCUT2D eigenvalue weighted by Gasteiger charge is -2.31. The first kappa shape index (κ1) is 23.5. The molecule has 0 radical (unpaired) electrons. The van der Waals surface area contributed by atoms with E-state index in [1.807, 2.05) is 49.1 Å². The van der Waals surface area contributed by atoms with Gasteiger partial charge in [0.2, 0.25) is 11.8 Å². The first-order chi connectivity index (χ1) is 15.5. The van der Waals surface area contributed by atoms with Gasteiger partial charge in [-0.1, -0.05) is 30.3 Å². The topological polar surface area (TPSA) is 69.7 Å². The number of hydrogen-bond donors (Lipinski definition) is 1. The second-order valence-electron chi connectivity index (χ2n) is 8.18. The Kier molecular flexibility index (Phi) is 8.42. The zero-order valence-corrected chi connectivity index (χ0v) is 19.0. The molecule has 1 heterocycles. The zero-order valence-electron chi connectivity index (χ0n) is 19.0. The third kappa shape index (κ3) is 6.19. The summed E-state index contributed by atoms with van der Waals surface area (Å²) in [5.74, 6) is 0.0210. The molecule has 0 bridgehead atoms. The lowest BCUT2D eigenvalue weighted by atomic mass is 9.95. The number of anilines is 1. The molecule has 1 N–H and O–H groups in total. The molecular weight excluding hydrogens is 402 g/mol. The van der Waals surface area contributed by atoms with Crippen molar-refractivity contribution in [3.63, 3.8) is 0 Å². The third-order valence-corrected chi connectivity index (χ3v) is 6.14. The maximum atomic E-state index is 12.7. The Morgan fingerprint density at radius 3 is 2.16 bits per heavy atom. The lowest BCUT2D eigenvalue weighted by Crippen LogP contribution is -2.41. The van der Waals surface area contributed by atoms with E-state index in [9.17, 15) is 14.4 Å². The fourth-order valence-electron chi connectivity index (χ4n) is 4.08. The van der Waals surface area contributed by atoms with E-state index in [0.717, 1.165) is 6.42 Å². The zero-order chi connectivity index (χ0) is 22.9. The van der Waals surface area contributed by atoms with Crippen LogP contribution in [0.2, 0.25) is 0 Å². The lowest BCUT2D eigenvalue weighted by molar-refractivity contribution is -0.134. The van der Waals surface area contributed by atoms with Crippen molar-refractivity contribution < 1.29 is 14.4 Å². The number of piperidine rings is 1. The summed E-state index contributed by atoms with van der Waals surface area (Å²) in [6, 6.07) is 17.1. The SMILES string of the molecule is CCN(CC)C(=O)c1ccc(NC(=O)C2CCN(C(=O)CCc3ccccc3)CC2)cc1. The summed E-state index contributed by atoms with van der Waals surface area (Å²) in [5.41, 5.74) is 2.47. The Balaban J connectivity index is 1.45. The normalized spacial score (nSPS) is 14.1. The summed E-state index contributed by atoms with van der Waals surface area (Å²) in [4.78, 5) is 41.2. The van der Waals surface area contributed by atoms with Crippen LogP contribution in [-0.4, -0.2) is 53.7 Å². The van der Waals surface area contributed by atoms with Gasteiger partial charge in [-0.3, -0.25) is 14.4 Å². The Bertz CT molecular complexity index is 900. The third-order valence-electron chi connectivity index (χ3n) is 6.14. The van der Waals surface area contributed by atoms with Crippen LogP contribution in [0.3, 0.4) is 0 Å². The van der Waals surface area contributed by atoms with Gasteiger partial charge >= 0.3 is 0 Å². The molecule has 1 aliphatic rings. The Morgan fingerprint density at radius 1 is 0.938 bits per heavy atom. The van der Waals surface area contributed by atoms with Crippen LogP contribution >= 0.6 is 0 Å². The molecule has 0 saturated carbocycles. The van der Waals surface area contributed by atoms with Gasteiger partial charge < -0.3 is 15.1 Å². The molecule has 1 fully saturated rings. The van der Waals surface area contributed by atoms with E-state index in [0.29, 0.717) is 56.7 Å². The Hall–Kier alpha value is -3.15. The minimum atomic E-state index is -0.106. The van der Waals surface area contributed by atoms with E-state index >= 15 is 0 Å². The fraction of sp³-hybridized carbons (Fsp3) is 0.423. The number of benzene rings is 2. The van der Waals surface area contributed by atoms with Crippen LogP contribution in [-0.2, 0) is 16.0 Å². The van der Waals surface area contributed by atoms with Gasteiger partial charge in [-0.25, -0.2) is 0 Å². The summed E-state index contributed by atoms with van der Waals surface area (Å²) < 4.78 is 0. The summed E-state index contributed by atoms with van der Waals surface area (Å²) >= 11 is 0. The highest BCUT2D eigenvalue weighted by Crippen LogP contribution is 2.21. The fourth-order valence-corrected chi connectivity index (χ4v) is 4.08. The minimum Gasteiger partial charge on any atom is -0.343 e. The second-order valence-corrected chi connectivity index (χ2v) is 8.18. The van der Waals surface area contributed by atoms with Crippen molar-refractivity contribution in [2.24, 2.45) is 5.92 Å². The second kappa shape index (κ2) is 11.5. The number of hydrogen-bond acceptors (Lipinski definition) is 3. The van der Waals surface area contributed by atoms with Gasteiger partial charge in [0.15, 0.2) is 0 Å². The average molecular weight is 436 g/mol. The van der Waals surface area contributed by atoms with Crippen molar-refractivity contribution >= 4 is 23.4 Å². The molecule has 0 spiro atoms. The monoisotopic (exact) mass is 435 g/mol. The predicted molar refractivity (Wildman–Crippen MR) is 126 cm³/mol. The van der Waals surface area contributed by atoms with Crippen molar-refractivity contribution in [2.45, 2.75) is 39.5 Å². The van der Waals surface area contributed by atoms with Crippen LogP contribution in [0, 0.1) is 5.92 Å². The van der Waals surface area contributed by atoms with Crippen molar-refractivity contribution in [1.82, 2.24) is 9.80 Å². The number of aryl methyl sites for hydroxylation is 1. The van der Waals surface area contributed by atoms with Crippen molar-refractivity contribution in [2.75, 3.05) is 31.5 Å². The number of nitrogens with zero attached hydrogens (tertiary/aromatic N) is 2. The molecule has 32 heavy (non-hydrogen) atoms. The largest absolute Gasteiger partial charge is 0.343 e. The maximum Gasteiger partial charge on any atom is 0.253 e. The number of likely N-dealkylation sites (tertiary alicyclic amines) is 1. The molecular formula is C26H33N3O3. The molecule has 1 saturated heterocycles. The molecule has 2 aromatic carbocycles. The van der Waals surface area contributed by atoms with E-state index in [4.69, 9.17) is 0 Å². The first-order valence-electron chi connectivity index (χ1n) is 11.5. The van der Waals surface area contributed by atoms with Crippen molar-refractivity contribution in [3.8, 4) is 0 Å². The van der Waals surface area contributed by atoms with Crippen molar-refractivity contribution in [3.05, 3.63) is 65.7 Å². The van der Waals surface area contributed by atoms with Gasteiger partial charge in [-0.2, -0.15) is 0 Å². The standard InChI is InChI=1S/C26H33N3O3/c1-3-28(4-2)26(32)22-11-13-23(14-12-22)27-25(31)21-16-18-29(19-17-21)24(30)15-10-20-8-6-5-7-9-20/h5-9,11-14,21H,3-4,10,15-19H2,1-2H3,(H,27,31). The van der Waals surface area contributed by atoms with Crippen LogP contribution in [0.4, 0.5) is 5.69 Å². The van der Waals surface area contributed by atoms with E-state index in [2.05, 4.69) is 5.32 Å². The van der Waals surface area contributed by atoms with E-state index in [1.165, 1.54) is 5.56 Å². The molecule has 170 valence electrons. The number of carbonyl (C=O) groups is 3. The number of carbonyl (C=O) groups excluding carboxylic acids is 3. The van der Waals surface area contributed by atoms with E-state index in [-0.39, 0.29) is 23.6 Å². The molecule has 3 amide bonds. The molecule has 6 heteroatoms. The number of amides is 3. The summed E-state index contributed by atoms with van der Waals surface area (Å²) in [6.45, 7) is 6.48. The minimum absolute atomic E-state index is 0.00261. The molecule has 1 aliphatic heterocycles. The molecule has 0 atom stereocenters. The van der Waals surface area contributed by atoms with E-state index < -0.39 is 0 Å². The molecule has 3 rings (SSSR count). The van der Waals surface area contributed by atoms with Gasteiger partial charge in [0.05, 0.1) is 0 Å². The van der Waals surface area contributed by atoms with E-state index in [1.54, 1.807) is 29.2 Å². The highest BCUT2D eigenvalue weighted by Gasteiger charge is 2.27. The summed E-state index contributed by atoms with van der Waals surface area (Å²) in [6.07, 6.45) is 2.58. The Morgan fingerprint density at radius 2 is 1.56 bits per heavy atom. The number of rotatable bonds is 8.